The average Bonchev–Trinajstić information content (AvgIpc) is 2.78. The summed E-state index contributed by atoms with van der Waals surface area (Å²) in [7, 11) is 1.99. The molecular weight excluding hydrogens is 228 g/mol. The molecule has 0 aliphatic carbocycles. The molecule has 0 aliphatic heterocycles. The molecule has 0 saturated carbocycles. The van der Waals surface area contributed by atoms with Gasteiger partial charge in [-0.25, -0.2) is 4.98 Å². The molecule has 1 heterocycles. The van der Waals surface area contributed by atoms with Crippen molar-refractivity contribution >= 4 is 11.3 Å². The van der Waals surface area contributed by atoms with Crippen LogP contribution in [0.15, 0.2) is 30.5 Å². The van der Waals surface area contributed by atoms with Crippen LogP contribution < -0.4 is 5.32 Å². The normalized spacial score (nSPS) is 12.6. The van der Waals surface area contributed by atoms with Crippen LogP contribution in [-0.2, 0) is 6.42 Å². The van der Waals surface area contributed by atoms with Crippen molar-refractivity contribution in [1.29, 1.82) is 0 Å². The zero-order valence-corrected chi connectivity index (χ0v) is 11.3. The molecule has 0 bridgehead atoms. The highest BCUT2D eigenvalue weighted by molar-refractivity contribution is 7.11. The lowest BCUT2D eigenvalue weighted by molar-refractivity contribution is 0.702. The van der Waals surface area contributed by atoms with Crippen LogP contribution in [0.1, 0.15) is 34.0 Å². The molecule has 0 fully saturated rings. The molecular formula is C14H18N2S. The number of benzene rings is 1. The third-order valence-electron chi connectivity index (χ3n) is 2.93. The number of nitrogens with one attached hydrogen (secondary N) is 1. The fraction of sp³-hybridized carbons (Fsp3) is 0.357. The second-order valence-electron chi connectivity index (χ2n) is 4.10. The van der Waals surface area contributed by atoms with Crippen LogP contribution in [0.2, 0.25) is 0 Å². The average molecular weight is 246 g/mol. The first kappa shape index (κ1) is 12.3. The molecule has 1 N–H and O–H groups in total. The van der Waals surface area contributed by atoms with Crippen LogP contribution >= 0.6 is 11.3 Å². The zero-order valence-electron chi connectivity index (χ0n) is 10.5. The second kappa shape index (κ2) is 5.43. The van der Waals surface area contributed by atoms with Gasteiger partial charge in [-0.05, 0) is 31.5 Å². The molecule has 2 rings (SSSR count). The third kappa shape index (κ3) is 2.73. The smallest absolute Gasteiger partial charge is 0.0897 e. The number of hydrogen-bond donors (Lipinski definition) is 1. The molecule has 1 atom stereocenters. The van der Waals surface area contributed by atoms with Crippen LogP contribution in [0, 0.1) is 6.92 Å². The van der Waals surface area contributed by atoms with Crippen molar-refractivity contribution in [2.24, 2.45) is 0 Å². The molecule has 3 heteroatoms. The van der Waals surface area contributed by atoms with Crippen molar-refractivity contribution in [2.75, 3.05) is 7.05 Å². The summed E-state index contributed by atoms with van der Waals surface area (Å²) in [5.74, 6) is 0. The summed E-state index contributed by atoms with van der Waals surface area (Å²) in [6, 6.07) is 9.07. The van der Waals surface area contributed by atoms with Gasteiger partial charge in [0.05, 0.1) is 11.0 Å². The van der Waals surface area contributed by atoms with E-state index >= 15 is 0 Å². The maximum absolute atomic E-state index is 4.32. The van der Waals surface area contributed by atoms with Crippen molar-refractivity contribution < 1.29 is 0 Å². The Morgan fingerprint density at radius 3 is 2.47 bits per heavy atom. The molecule has 0 radical (unpaired) electrons. The molecule has 1 aromatic carbocycles. The highest BCUT2D eigenvalue weighted by Crippen LogP contribution is 2.26. The first-order valence-corrected chi connectivity index (χ1v) is 6.74. The number of hydrogen-bond acceptors (Lipinski definition) is 3. The van der Waals surface area contributed by atoms with Gasteiger partial charge < -0.3 is 5.32 Å². The van der Waals surface area contributed by atoms with Crippen LogP contribution in [0.3, 0.4) is 0 Å². The topological polar surface area (TPSA) is 24.9 Å². The summed E-state index contributed by atoms with van der Waals surface area (Å²) in [6.45, 7) is 4.22. The Balaban J connectivity index is 2.28. The third-order valence-corrected chi connectivity index (χ3v) is 3.91. The van der Waals surface area contributed by atoms with Gasteiger partial charge in [-0.2, -0.15) is 0 Å². The Labute approximate surface area is 107 Å². The van der Waals surface area contributed by atoms with Gasteiger partial charge in [-0.1, -0.05) is 31.2 Å². The van der Waals surface area contributed by atoms with Crippen LogP contribution in [0.25, 0.3) is 0 Å². The summed E-state index contributed by atoms with van der Waals surface area (Å²) in [5.41, 5.74) is 2.68. The van der Waals surface area contributed by atoms with E-state index in [0.717, 1.165) is 11.4 Å². The van der Waals surface area contributed by atoms with E-state index in [1.807, 2.05) is 20.2 Å². The Morgan fingerprint density at radius 2 is 2.00 bits per heavy atom. The SMILES string of the molecule is CCc1ccc(C(NC)c2cnc(C)s2)cc1. The highest BCUT2D eigenvalue weighted by Gasteiger charge is 2.14. The van der Waals surface area contributed by atoms with Crippen LogP contribution in [0.5, 0.6) is 0 Å². The first-order chi connectivity index (χ1) is 8.24. The maximum atomic E-state index is 4.32. The van der Waals surface area contributed by atoms with E-state index in [1.165, 1.54) is 16.0 Å². The Hall–Kier alpha value is -1.19. The minimum atomic E-state index is 0.257. The molecule has 90 valence electrons. The minimum Gasteiger partial charge on any atom is -0.309 e. The largest absolute Gasteiger partial charge is 0.309 e. The van der Waals surface area contributed by atoms with Gasteiger partial charge in [0, 0.05) is 11.1 Å². The summed E-state index contributed by atoms with van der Waals surface area (Å²) in [5, 5.41) is 4.47. The van der Waals surface area contributed by atoms with Crippen molar-refractivity contribution in [3.05, 3.63) is 51.5 Å². The summed E-state index contributed by atoms with van der Waals surface area (Å²) < 4.78 is 0. The Kier molecular flexibility index (Phi) is 3.92. The van der Waals surface area contributed by atoms with Gasteiger partial charge in [0.15, 0.2) is 0 Å². The molecule has 2 nitrogen and oxygen atoms in total. The maximum Gasteiger partial charge on any atom is 0.0897 e. The molecule has 0 amide bonds. The van der Waals surface area contributed by atoms with E-state index in [0.29, 0.717) is 0 Å². The first-order valence-electron chi connectivity index (χ1n) is 5.93. The molecule has 0 spiro atoms. The van der Waals surface area contributed by atoms with Gasteiger partial charge >= 0.3 is 0 Å². The summed E-state index contributed by atoms with van der Waals surface area (Å²) in [6.07, 6.45) is 3.05. The van der Waals surface area contributed by atoms with E-state index < -0.39 is 0 Å². The van der Waals surface area contributed by atoms with Crippen molar-refractivity contribution in [1.82, 2.24) is 10.3 Å². The molecule has 1 aromatic heterocycles. The van der Waals surface area contributed by atoms with E-state index in [1.54, 1.807) is 11.3 Å². The Morgan fingerprint density at radius 1 is 1.29 bits per heavy atom. The minimum absolute atomic E-state index is 0.257. The van der Waals surface area contributed by atoms with Gasteiger partial charge in [0.25, 0.3) is 0 Å². The van der Waals surface area contributed by atoms with Crippen molar-refractivity contribution in [2.45, 2.75) is 26.3 Å². The van der Waals surface area contributed by atoms with Crippen molar-refractivity contribution in [3.63, 3.8) is 0 Å². The van der Waals surface area contributed by atoms with Gasteiger partial charge in [-0.15, -0.1) is 11.3 Å². The number of aromatic nitrogens is 1. The lowest BCUT2D eigenvalue weighted by atomic mass is 10.0. The van der Waals surface area contributed by atoms with E-state index in [4.69, 9.17) is 0 Å². The molecule has 2 aromatic rings. The fourth-order valence-electron chi connectivity index (χ4n) is 1.93. The van der Waals surface area contributed by atoms with E-state index in [9.17, 15) is 0 Å². The lowest BCUT2D eigenvalue weighted by Gasteiger charge is -2.14. The number of rotatable bonds is 4. The summed E-state index contributed by atoms with van der Waals surface area (Å²) >= 11 is 1.75. The van der Waals surface area contributed by atoms with Crippen molar-refractivity contribution in [3.8, 4) is 0 Å². The summed E-state index contributed by atoms with van der Waals surface area (Å²) in [4.78, 5) is 5.60. The van der Waals surface area contributed by atoms with E-state index in [-0.39, 0.29) is 6.04 Å². The number of aryl methyl sites for hydroxylation is 2. The standard InChI is InChI=1S/C14H18N2S/c1-4-11-5-7-12(8-6-11)14(15-3)13-9-16-10(2)17-13/h5-9,14-15H,4H2,1-3H3. The Bertz CT molecular complexity index is 473. The predicted octanol–water partition coefficient (Wildman–Crippen LogP) is 3.32. The van der Waals surface area contributed by atoms with E-state index in [2.05, 4.69) is 41.5 Å². The van der Waals surface area contributed by atoms with Gasteiger partial charge in [0.2, 0.25) is 0 Å². The van der Waals surface area contributed by atoms with Crippen LogP contribution in [-0.4, -0.2) is 12.0 Å². The molecule has 17 heavy (non-hydrogen) atoms. The van der Waals surface area contributed by atoms with Gasteiger partial charge in [-0.3, -0.25) is 0 Å². The van der Waals surface area contributed by atoms with Gasteiger partial charge in [0.1, 0.15) is 0 Å². The number of thiazole rings is 1. The zero-order chi connectivity index (χ0) is 12.3. The van der Waals surface area contributed by atoms with Crippen LogP contribution in [0.4, 0.5) is 0 Å². The second-order valence-corrected chi connectivity index (χ2v) is 5.36. The number of nitrogens with zero attached hydrogens (tertiary/aromatic N) is 1. The highest BCUT2D eigenvalue weighted by atomic mass is 32.1. The molecule has 0 saturated heterocycles. The molecule has 0 aliphatic rings. The quantitative estimate of drug-likeness (QED) is 0.895. The lowest BCUT2D eigenvalue weighted by Crippen LogP contribution is -2.16. The molecule has 1 unspecified atom stereocenters. The predicted molar refractivity (Wildman–Crippen MR) is 73.6 cm³/mol. The fourth-order valence-corrected chi connectivity index (χ4v) is 2.85. The monoisotopic (exact) mass is 246 g/mol.